The van der Waals surface area contributed by atoms with Crippen molar-refractivity contribution in [3.8, 4) is 0 Å². The zero-order valence-electron chi connectivity index (χ0n) is 12.2. The molecule has 5 heteroatoms. The molecule has 1 aliphatic heterocycles. The van der Waals surface area contributed by atoms with E-state index >= 15 is 0 Å². The molecule has 3 fully saturated rings. The Bertz CT molecular complexity index is 403. The van der Waals surface area contributed by atoms with Crippen LogP contribution in [0.4, 0.5) is 0 Å². The second-order valence-corrected chi connectivity index (χ2v) is 7.35. The summed E-state index contributed by atoms with van der Waals surface area (Å²) in [5.41, 5.74) is -0.531. The number of nitrogens with zero attached hydrogens (tertiary/aromatic N) is 1. The molecule has 20 heavy (non-hydrogen) atoms. The Morgan fingerprint density at radius 2 is 1.95 bits per heavy atom. The lowest BCUT2D eigenvalue weighted by molar-refractivity contribution is -0.160. The summed E-state index contributed by atoms with van der Waals surface area (Å²) in [7, 11) is 0. The molecule has 1 saturated heterocycles. The Morgan fingerprint density at radius 1 is 1.25 bits per heavy atom. The molecule has 1 unspecified atom stereocenters. The summed E-state index contributed by atoms with van der Waals surface area (Å²) < 4.78 is 0. The molecule has 0 aromatic rings. The zero-order chi connectivity index (χ0) is 14.2. The number of carbonyl (C=O) groups excluding carboxylic acids is 2. The van der Waals surface area contributed by atoms with Gasteiger partial charge in [-0.25, -0.2) is 0 Å². The van der Waals surface area contributed by atoms with Crippen molar-refractivity contribution in [3.63, 3.8) is 0 Å². The average Bonchev–Trinajstić information content (AvgIpc) is 3.29. The van der Waals surface area contributed by atoms with Crippen molar-refractivity contribution < 1.29 is 9.59 Å². The van der Waals surface area contributed by atoms with Gasteiger partial charge in [0.05, 0.1) is 0 Å². The molecule has 3 aliphatic rings. The van der Waals surface area contributed by atoms with Crippen LogP contribution in [0.15, 0.2) is 0 Å². The summed E-state index contributed by atoms with van der Waals surface area (Å²) >= 11 is 1.75. The van der Waals surface area contributed by atoms with Crippen molar-refractivity contribution in [3.05, 3.63) is 0 Å². The standard InChI is InChI=1S/C15H24N2O2S/c1-20-10-9-17-13(18)12(11-5-6-11)16-14(19)15(17)7-3-2-4-8-15/h11-12H,2-10H2,1H3,(H,16,19). The van der Waals surface area contributed by atoms with Gasteiger partial charge < -0.3 is 10.2 Å². The highest BCUT2D eigenvalue weighted by Crippen LogP contribution is 2.41. The first-order valence-electron chi connectivity index (χ1n) is 7.80. The van der Waals surface area contributed by atoms with Crippen LogP contribution in [0.25, 0.3) is 0 Å². The molecule has 3 rings (SSSR count). The van der Waals surface area contributed by atoms with Crippen molar-refractivity contribution in [2.75, 3.05) is 18.6 Å². The van der Waals surface area contributed by atoms with Gasteiger partial charge in [0.25, 0.3) is 0 Å². The minimum atomic E-state index is -0.531. The molecule has 1 atom stereocenters. The number of carbonyl (C=O) groups is 2. The van der Waals surface area contributed by atoms with E-state index in [-0.39, 0.29) is 17.9 Å². The van der Waals surface area contributed by atoms with E-state index in [1.54, 1.807) is 11.8 Å². The fourth-order valence-corrected chi connectivity index (χ4v) is 4.09. The van der Waals surface area contributed by atoms with Crippen LogP contribution in [-0.2, 0) is 9.59 Å². The first-order chi connectivity index (χ1) is 9.69. The van der Waals surface area contributed by atoms with E-state index in [1.807, 2.05) is 4.90 Å². The van der Waals surface area contributed by atoms with Gasteiger partial charge in [-0.2, -0.15) is 11.8 Å². The lowest BCUT2D eigenvalue weighted by atomic mass is 9.77. The fraction of sp³-hybridized carbons (Fsp3) is 0.867. The third-order valence-corrected chi connectivity index (χ3v) is 5.64. The van der Waals surface area contributed by atoms with Crippen molar-refractivity contribution in [2.45, 2.75) is 56.5 Å². The molecule has 2 saturated carbocycles. The van der Waals surface area contributed by atoms with E-state index in [0.717, 1.165) is 50.8 Å². The van der Waals surface area contributed by atoms with Crippen LogP contribution in [0.2, 0.25) is 0 Å². The fourth-order valence-electron chi connectivity index (χ4n) is 3.73. The molecular weight excluding hydrogens is 272 g/mol. The highest BCUT2D eigenvalue weighted by atomic mass is 32.2. The molecule has 0 radical (unpaired) electrons. The molecule has 112 valence electrons. The first-order valence-corrected chi connectivity index (χ1v) is 9.20. The highest BCUT2D eigenvalue weighted by Gasteiger charge is 2.54. The summed E-state index contributed by atoms with van der Waals surface area (Å²) in [5, 5.41) is 3.06. The molecule has 1 spiro atoms. The third kappa shape index (κ3) is 2.34. The maximum atomic E-state index is 12.8. The predicted molar refractivity (Wildman–Crippen MR) is 80.6 cm³/mol. The van der Waals surface area contributed by atoms with Gasteiger partial charge in [-0.05, 0) is 37.9 Å². The first kappa shape index (κ1) is 14.2. The summed E-state index contributed by atoms with van der Waals surface area (Å²) in [6.07, 6.45) is 9.22. The minimum absolute atomic E-state index is 0.120. The summed E-state index contributed by atoms with van der Waals surface area (Å²) in [5.74, 6) is 1.61. The number of nitrogens with one attached hydrogen (secondary N) is 1. The summed E-state index contributed by atoms with van der Waals surface area (Å²) in [6.45, 7) is 0.719. The van der Waals surface area contributed by atoms with E-state index in [0.29, 0.717) is 5.92 Å². The van der Waals surface area contributed by atoms with Gasteiger partial charge in [-0.3, -0.25) is 9.59 Å². The summed E-state index contributed by atoms with van der Waals surface area (Å²) in [4.78, 5) is 27.5. The minimum Gasteiger partial charge on any atom is -0.342 e. The van der Waals surface area contributed by atoms with Gasteiger partial charge in [0.1, 0.15) is 11.6 Å². The largest absolute Gasteiger partial charge is 0.342 e. The van der Waals surface area contributed by atoms with E-state index in [4.69, 9.17) is 0 Å². The zero-order valence-corrected chi connectivity index (χ0v) is 13.0. The lowest BCUT2D eigenvalue weighted by Gasteiger charge is -2.50. The lowest BCUT2D eigenvalue weighted by Crippen LogP contribution is -2.71. The van der Waals surface area contributed by atoms with Gasteiger partial charge in [0.2, 0.25) is 11.8 Å². The molecule has 1 N–H and O–H groups in total. The highest BCUT2D eigenvalue weighted by molar-refractivity contribution is 7.98. The van der Waals surface area contributed by atoms with Gasteiger partial charge in [-0.1, -0.05) is 19.3 Å². The monoisotopic (exact) mass is 296 g/mol. The van der Waals surface area contributed by atoms with Gasteiger partial charge in [0, 0.05) is 12.3 Å². The number of hydrogen-bond donors (Lipinski definition) is 1. The second-order valence-electron chi connectivity index (χ2n) is 6.36. The Morgan fingerprint density at radius 3 is 2.55 bits per heavy atom. The molecule has 0 aromatic heterocycles. The topological polar surface area (TPSA) is 49.4 Å². The van der Waals surface area contributed by atoms with E-state index < -0.39 is 5.54 Å². The van der Waals surface area contributed by atoms with E-state index in [1.165, 1.54) is 6.42 Å². The Hall–Kier alpha value is -0.710. The third-order valence-electron chi connectivity index (χ3n) is 5.05. The normalized spacial score (nSPS) is 29.6. The molecule has 2 amide bonds. The smallest absolute Gasteiger partial charge is 0.246 e. The van der Waals surface area contributed by atoms with Crippen molar-refractivity contribution in [1.29, 1.82) is 0 Å². The van der Waals surface area contributed by atoms with Gasteiger partial charge in [0.15, 0.2) is 0 Å². The number of rotatable bonds is 4. The number of amides is 2. The SMILES string of the molecule is CSCCN1C(=O)C(C2CC2)NC(=O)C12CCCCC2. The molecule has 1 heterocycles. The van der Waals surface area contributed by atoms with Gasteiger partial charge in [-0.15, -0.1) is 0 Å². The van der Waals surface area contributed by atoms with Crippen molar-refractivity contribution in [2.24, 2.45) is 5.92 Å². The number of thioether (sulfide) groups is 1. The van der Waals surface area contributed by atoms with Crippen molar-refractivity contribution >= 4 is 23.6 Å². The van der Waals surface area contributed by atoms with E-state index in [9.17, 15) is 9.59 Å². The Kier molecular flexibility index (Phi) is 3.98. The molecule has 0 bridgehead atoms. The maximum absolute atomic E-state index is 12.8. The second kappa shape index (κ2) is 5.58. The van der Waals surface area contributed by atoms with Crippen LogP contribution in [0.5, 0.6) is 0 Å². The summed E-state index contributed by atoms with van der Waals surface area (Å²) in [6, 6.07) is -0.239. The molecule has 2 aliphatic carbocycles. The van der Waals surface area contributed by atoms with Crippen LogP contribution < -0.4 is 5.32 Å². The maximum Gasteiger partial charge on any atom is 0.246 e. The Labute approximate surface area is 125 Å². The predicted octanol–water partition coefficient (Wildman–Crippen LogP) is 1.79. The quantitative estimate of drug-likeness (QED) is 0.860. The van der Waals surface area contributed by atoms with Gasteiger partial charge >= 0.3 is 0 Å². The Balaban J connectivity index is 1.86. The van der Waals surface area contributed by atoms with Crippen LogP contribution in [0, 0.1) is 5.92 Å². The molecule has 0 aromatic carbocycles. The number of piperazine rings is 1. The van der Waals surface area contributed by atoms with Crippen LogP contribution >= 0.6 is 11.8 Å². The van der Waals surface area contributed by atoms with Crippen LogP contribution in [0.1, 0.15) is 44.9 Å². The number of hydrogen-bond acceptors (Lipinski definition) is 3. The molecular formula is C15H24N2O2S. The average molecular weight is 296 g/mol. The van der Waals surface area contributed by atoms with Crippen LogP contribution in [-0.4, -0.2) is 46.8 Å². The van der Waals surface area contributed by atoms with Crippen molar-refractivity contribution in [1.82, 2.24) is 10.2 Å². The van der Waals surface area contributed by atoms with E-state index in [2.05, 4.69) is 11.6 Å². The van der Waals surface area contributed by atoms with Crippen LogP contribution in [0.3, 0.4) is 0 Å². The molecule has 4 nitrogen and oxygen atoms in total.